The van der Waals surface area contributed by atoms with Crippen LogP contribution in [0, 0.1) is 0 Å². The number of benzene rings is 1. The number of methoxy groups -OCH3 is 2. The predicted molar refractivity (Wildman–Crippen MR) is 115 cm³/mol. The molecule has 0 heterocycles. The molecular weight excluding hydrogens is 424 g/mol. The molecule has 0 bridgehead atoms. The van der Waals surface area contributed by atoms with Crippen molar-refractivity contribution in [1.82, 2.24) is 10.6 Å². The minimum absolute atomic E-state index is 0.0535. The minimum Gasteiger partial charge on any atom is -0.496 e. The largest absolute Gasteiger partial charge is 0.496 e. The Bertz CT molecular complexity index is 843. The Hall–Kier alpha value is -2.56. The van der Waals surface area contributed by atoms with E-state index in [2.05, 4.69) is 15.4 Å². The van der Waals surface area contributed by atoms with Crippen LogP contribution in [0.3, 0.4) is 0 Å². The summed E-state index contributed by atoms with van der Waals surface area (Å²) < 4.78 is 9.83. The van der Waals surface area contributed by atoms with Crippen LogP contribution in [0.25, 0.3) is 0 Å². The van der Waals surface area contributed by atoms with Crippen LogP contribution in [-0.4, -0.2) is 73.3 Å². The summed E-state index contributed by atoms with van der Waals surface area (Å²) in [6.45, 7) is 0.250. The maximum atomic E-state index is 12.8. The van der Waals surface area contributed by atoms with Gasteiger partial charge >= 0.3 is 5.97 Å². The fourth-order valence-corrected chi connectivity index (χ4v) is 3.56. The highest BCUT2D eigenvalue weighted by molar-refractivity contribution is 7.98. The topological polar surface area (TPSA) is 134 Å². The third kappa shape index (κ3) is 6.71. The number of ether oxygens (including phenoxy) is 2. The summed E-state index contributed by atoms with van der Waals surface area (Å²) in [6.07, 6.45) is 1.38. The molecule has 1 aliphatic carbocycles. The molecule has 9 nitrogen and oxygen atoms in total. The van der Waals surface area contributed by atoms with Crippen LogP contribution in [0.5, 0.6) is 5.75 Å². The first kappa shape index (κ1) is 24.7. The minimum atomic E-state index is -1.27. The molecule has 170 valence electrons. The van der Waals surface area contributed by atoms with Crippen LogP contribution in [0.1, 0.15) is 29.6 Å². The summed E-state index contributed by atoms with van der Waals surface area (Å²) in [5, 5.41) is 25.8. The molecule has 0 unspecified atom stereocenters. The average molecular weight is 453 g/mol. The number of rotatable bonds is 9. The van der Waals surface area contributed by atoms with Gasteiger partial charge in [-0.3, -0.25) is 14.4 Å². The van der Waals surface area contributed by atoms with E-state index in [0.717, 1.165) is 4.90 Å². The van der Waals surface area contributed by atoms with Crippen LogP contribution in [-0.2, 0) is 14.3 Å². The molecule has 0 aliphatic heterocycles. The van der Waals surface area contributed by atoms with Crippen molar-refractivity contribution in [3.63, 3.8) is 0 Å². The van der Waals surface area contributed by atoms with Gasteiger partial charge in [0.05, 0.1) is 31.9 Å². The predicted octanol–water partition coefficient (Wildman–Crippen LogP) is 0.637. The number of hydrogen-bond donors (Lipinski definition) is 4. The van der Waals surface area contributed by atoms with E-state index < -0.39 is 30.1 Å². The monoisotopic (exact) mass is 452 g/mol. The van der Waals surface area contributed by atoms with Gasteiger partial charge in [-0.15, -0.1) is 11.8 Å². The highest BCUT2D eigenvalue weighted by Crippen LogP contribution is 2.26. The molecule has 0 fully saturated rings. The van der Waals surface area contributed by atoms with Gasteiger partial charge in [-0.2, -0.15) is 0 Å². The number of thioether (sulfide) groups is 1. The van der Waals surface area contributed by atoms with E-state index in [4.69, 9.17) is 4.74 Å². The smallest absolute Gasteiger partial charge is 0.305 e. The summed E-state index contributed by atoms with van der Waals surface area (Å²) in [7, 11) is 2.75. The van der Waals surface area contributed by atoms with Gasteiger partial charge in [0.1, 0.15) is 11.9 Å². The molecule has 10 heteroatoms. The lowest BCUT2D eigenvalue weighted by Crippen LogP contribution is -2.51. The molecule has 0 aromatic heterocycles. The number of amides is 2. The van der Waals surface area contributed by atoms with Crippen molar-refractivity contribution in [3.8, 4) is 5.75 Å². The Morgan fingerprint density at radius 2 is 1.94 bits per heavy atom. The van der Waals surface area contributed by atoms with Crippen LogP contribution in [0.15, 0.2) is 34.7 Å². The molecule has 1 aromatic rings. The second-order valence-corrected chi connectivity index (χ2v) is 7.83. The molecule has 0 saturated carbocycles. The molecule has 0 spiro atoms. The van der Waals surface area contributed by atoms with Crippen molar-refractivity contribution >= 4 is 29.5 Å². The second-order valence-electron chi connectivity index (χ2n) is 6.96. The number of carbonyl (C=O) groups is 3. The standard InChI is InChI=1S/C21H28N2O7S/c1-29-17-11-13(31-3)6-7-14(17)21(28)23-15-9-12(10-16(24)19(15)26)20(27)22-8-4-5-18(25)30-2/h6-7,9,11,15-16,19,24,26H,4-5,8,10H2,1-3H3,(H,22,27)(H,23,28)/t15-,16+,19+/m0/s1. The van der Waals surface area contributed by atoms with Gasteiger partial charge in [-0.1, -0.05) is 6.08 Å². The molecule has 3 atom stereocenters. The van der Waals surface area contributed by atoms with E-state index in [1.165, 1.54) is 32.1 Å². The number of esters is 1. The Morgan fingerprint density at radius 1 is 1.19 bits per heavy atom. The zero-order valence-electron chi connectivity index (χ0n) is 17.7. The van der Waals surface area contributed by atoms with Gasteiger partial charge in [0, 0.05) is 29.9 Å². The molecule has 31 heavy (non-hydrogen) atoms. The number of aliphatic hydroxyl groups excluding tert-OH is 2. The Balaban J connectivity index is 2.07. The van der Waals surface area contributed by atoms with Gasteiger partial charge in [0.15, 0.2) is 0 Å². The van der Waals surface area contributed by atoms with Gasteiger partial charge in [0.25, 0.3) is 5.91 Å². The van der Waals surface area contributed by atoms with E-state index in [1.807, 2.05) is 6.26 Å². The highest BCUT2D eigenvalue weighted by atomic mass is 32.2. The van der Waals surface area contributed by atoms with E-state index in [-0.39, 0.29) is 36.5 Å². The number of aliphatic hydroxyl groups is 2. The van der Waals surface area contributed by atoms with Crippen LogP contribution in [0.2, 0.25) is 0 Å². The zero-order chi connectivity index (χ0) is 23.0. The van der Waals surface area contributed by atoms with Crippen molar-refractivity contribution in [2.45, 2.75) is 42.4 Å². The molecule has 1 aromatic carbocycles. The third-order valence-corrected chi connectivity index (χ3v) is 5.61. The summed E-state index contributed by atoms with van der Waals surface area (Å²) >= 11 is 1.51. The Morgan fingerprint density at radius 3 is 2.58 bits per heavy atom. The van der Waals surface area contributed by atoms with Gasteiger partial charge < -0.3 is 30.3 Å². The van der Waals surface area contributed by atoms with Gasteiger partial charge in [-0.05, 0) is 30.9 Å². The number of nitrogens with one attached hydrogen (secondary N) is 2. The molecular formula is C21H28N2O7S. The normalized spacial score (nSPS) is 20.4. The lowest BCUT2D eigenvalue weighted by atomic mass is 9.89. The van der Waals surface area contributed by atoms with Crippen LogP contribution < -0.4 is 15.4 Å². The zero-order valence-corrected chi connectivity index (χ0v) is 18.5. The fourth-order valence-electron chi connectivity index (χ4n) is 3.13. The van der Waals surface area contributed by atoms with Crippen LogP contribution in [0.4, 0.5) is 0 Å². The summed E-state index contributed by atoms with van der Waals surface area (Å²) in [4.78, 5) is 37.2. The highest BCUT2D eigenvalue weighted by Gasteiger charge is 2.34. The van der Waals surface area contributed by atoms with E-state index >= 15 is 0 Å². The van der Waals surface area contributed by atoms with E-state index in [9.17, 15) is 24.6 Å². The summed E-state index contributed by atoms with van der Waals surface area (Å²) in [6, 6.07) is 4.16. The Labute approximate surface area is 185 Å². The number of hydrogen-bond acceptors (Lipinski definition) is 8. The van der Waals surface area contributed by atoms with E-state index in [0.29, 0.717) is 12.2 Å². The van der Waals surface area contributed by atoms with Crippen molar-refractivity contribution in [2.75, 3.05) is 27.0 Å². The lowest BCUT2D eigenvalue weighted by Gasteiger charge is -2.31. The Kier molecular flexibility index (Phi) is 9.35. The molecule has 2 amide bonds. The quantitative estimate of drug-likeness (QED) is 0.244. The first-order valence-electron chi connectivity index (χ1n) is 9.75. The summed E-state index contributed by atoms with van der Waals surface area (Å²) in [5.74, 6) is -0.926. The summed E-state index contributed by atoms with van der Waals surface area (Å²) in [5.41, 5.74) is 0.514. The first-order chi connectivity index (χ1) is 14.8. The van der Waals surface area contributed by atoms with Crippen molar-refractivity contribution in [3.05, 3.63) is 35.4 Å². The van der Waals surface area contributed by atoms with Gasteiger partial charge in [-0.25, -0.2) is 0 Å². The van der Waals surface area contributed by atoms with E-state index in [1.54, 1.807) is 18.2 Å². The fraction of sp³-hybridized carbons (Fsp3) is 0.476. The SMILES string of the molecule is COC(=O)CCCNC(=O)C1=C[C@H](NC(=O)c2ccc(SC)cc2OC)[C@@H](O)[C@H](O)C1. The van der Waals surface area contributed by atoms with Crippen molar-refractivity contribution in [2.24, 2.45) is 0 Å². The average Bonchev–Trinajstić information content (AvgIpc) is 2.78. The lowest BCUT2D eigenvalue weighted by molar-refractivity contribution is -0.140. The maximum absolute atomic E-state index is 12.8. The number of carbonyl (C=O) groups excluding carboxylic acids is 3. The molecule has 2 rings (SSSR count). The molecule has 4 N–H and O–H groups in total. The van der Waals surface area contributed by atoms with Crippen LogP contribution >= 0.6 is 11.8 Å². The third-order valence-electron chi connectivity index (χ3n) is 4.89. The molecule has 0 radical (unpaired) electrons. The first-order valence-corrected chi connectivity index (χ1v) is 11.0. The van der Waals surface area contributed by atoms with Crippen molar-refractivity contribution < 1.29 is 34.1 Å². The molecule has 0 saturated heterocycles. The maximum Gasteiger partial charge on any atom is 0.305 e. The second kappa shape index (κ2) is 11.7. The van der Waals surface area contributed by atoms with Gasteiger partial charge in [0.2, 0.25) is 5.91 Å². The molecule has 1 aliphatic rings. The van der Waals surface area contributed by atoms with Crippen molar-refractivity contribution in [1.29, 1.82) is 0 Å².